The Kier molecular flexibility index (Phi) is 29.5. The zero-order valence-electron chi connectivity index (χ0n) is 66.1. The first-order valence-electron chi connectivity index (χ1n) is 40.1. The van der Waals surface area contributed by atoms with Gasteiger partial charge in [-0.3, -0.25) is 14.4 Å². The fourth-order valence-corrected chi connectivity index (χ4v) is 15.8. The van der Waals surface area contributed by atoms with E-state index in [4.69, 9.17) is 25.2 Å². The van der Waals surface area contributed by atoms with Gasteiger partial charge in [-0.15, -0.1) is 0 Å². The number of piperidine rings is 2. The topological polar surface area (TPSA) is 261 Å². The molecule has 4 aliphatic rings. The molecule has 10 aromatic rings. The fourth-order valence-electron chi connectivity index (χ4n) is 15.8. The maximum atomic E-state index is 13.7. The van der Waals surface area contributed by atoms with Crippen molar-refractivity contribution >= 4 is 57.1 Å². The molecule has 0 bridgehead atoms. The number of aromatic nitrogens is 6. The van der Waals surface area contributed by atoms with Gasteiger partial charge in [0.15, 0.2) is 11.3 Å². The van der Waals surface area contributed by atoms with E-state index in [1.807, 2.05) is 66.8 Å². The molecular formula is C91H116N14O7. The second-order valence-corrected chi connectivity index (χ2v) is 30.4. The van der Waals surface area contributed by atoms with Crippen molar-refractivity contribution in [1.29, 1.82) is 0 Å². The average molecular weight is 1520 g/mol. The highest BCUT2D eigenvalue weighted by Gasteiger charge is 2.27. The molecule has 8 heterocycles. The molecule has 112 heavy (non-hydrogen) atoms. The van der Waals surface area contributed by atoms with Crippen LogP contribution >= 0.6 is 0 Å². The zero-order valence-corrected chi connectivity index (χ0v) is 66.1. The second-order valence-electron chi connectivity index (χ2n) is 30.4. The number of benzene rings is 6. The number of nitrogens with two attached hydrogens (primary N) is 1. The number of likely N-dealkylation sites (tertiary alicyclic amines) is 2. The number of ether oxygens (including phenoxy) is 2. The molecule has 592 valence electrons. The van der Waals surface area contributed by atoms with Crippen LogP contribution in [0, 0.1) is 25.7 Å². The molecule has 4 aromatic heterocycles. The molecule has 4 aliphatic heterocycles. The zero-order chi connectivity index (χ0) is 77.9. The van der Waals surface area contributed by atoms with E-state index in [9.17, 15) is 24.3 Å². The molecule has 3 amide bonds. The molecule has 0 radical (unpaired) electrons. The predicted octanol–water partition coefficient (Wildman–Crippen LogP) is 15.2. The molecular weight excluding hydrogens is 1400 g/mol. The lowest BCUT2D eigenvalue weighted by molar-refractivity contribution is 0.0696. The van der Waals surface area contributed by atoms with Crippen LogP contribution < -0.4 is 32.3 Å². The van der Waals surface area contributed by atoms with Crippen molar-refractivity contribution in [1.82, 2.24) is 55.3 Å². The highest BCUT2D eigenvalue weighted by Crippen LogP contribution is 2.35. The van der Waals surface area contributed by atoms with E-state index in [-0.39, 0.29) is 49.3 Å². The summed E-state index contributed by atoms with van der Waals surface area (Å²) >= 11 is 0. The van der Waals surface area contributed by atoms with Gasteiger partial charge in [-0.2, -0.15) is 10.2 Å². The van der Waals surface area contributed by atoms with Crippen LogP contribution in [-0.4, -0.2) is 147 Å². The summed E-state index contributed by atoms with van der Waals surface area (Å²) in [5, 5.41) is 37.0. The van der Waals surface area contributed by atoms with Crippen LogP contribution in [-0.2, 0) is 74.4 Å². The van der Waals surface area contributed by atoms with E-state index < -0.39 is 5.97 Å². The third kappa shape index (κ3) is 21.5. The smallest absolute Gasteiger partial charge is 0.335 e. The molecule has 4 saturated heterocycles. The van der Waals surface area contributed by atoms with Crippen molar-refractivity contribution < 1.29 is 33.8 Å². The van der Waals surface area contributed by atoms with E-state index in [2.05, 4.69) is 159 Å². The number of carboxylic acids is 1. The number of hydrogen-bond donors (Lipinski definition) is 7. The van der Waals surface area contributed by atoms with Gasteiger partial charge >= 0.3 is 5.97 Å². The number of fused-ring (bicyclic) bond motifs is 2. The number of carboxylic acid groups (broad SMARTS) is 1. The van der Waals surface area contributed by atoms with Gasteiger partial charge in [0.1, 0.15) is 0 Å². The number of nitrogens with zero attached hydrogens (tertiary/aromatic N) is 8. The van der Waals surface area contributed by atoms with Crippen molar-refractivity contribution in [2.24, 2.45) is 17.6 Å². The first-order chi connectivity index (χ1) is 53.9. The van der Waals surface area contributed by atoms with Gasteiger partial charge in [-0.1, -0.05) is 106 Å². The summed E-state index contributed by atoms with van der Waals surface area (Å²) in [6, 6.07) is 45.3. The SMILES string of the molecule is C.CCc1nc2c(cnn2CC)c(NC2CCOCC2)c1CNC(=O)c1cc(C)cc(C(=O)NCc2cccc(-c3cccc(CC4CCN(C)CC4)c3)c2)c1.CCc1nc2c(cnn2CC)c(NC2CCOCC2)c1CNC(=O)c1cc(C)cc(C(=O)O)c1.CN1CCC(Cc2cccc(-c3cccc(CN)c3)c2)CC1. The Bertz CT molecular complexity index is 4850. The van der Waals surface area contributed by atoms with Crippen LogP contribution in [0.4, 0.5) is 11.4 Å². The third-order valence-corrected chi connectivity index (χ3v) is 22.2. The number of hydrogen-bond acceptors (Lipinski definition) is 15. The molecule has 6 aromatic carbocycles. The van der Waals surface area contributed by atoms with E-state index in [1.165, 1.54) is 97.7 Å². The first kappa shape index (κ1) is 82.8. The number of pyridine rings is 2. The number of rotatable bonds is 25. The van der Waals surface area contributed by atoms with Gasteiger partial charge < -0.3 is 56.7 Å². The van der Waals surface area contributed by atoms with Crippen LogP contribution in [0.5, 0.6) is 0 Å². The molecule has 0 aliphatic carbocycles. The summed E-state index contributed by atoms with van der Waals surface area (Å²) in [5.41, 5.74) is 25.9. The summed E-state index contributed by atoms with van der Waals surface area (Å²) in [6.07, 6.45) is 16.2. The minimum Gasteiger partial charge on any atom is -0.478 e. The molecule has 21 heteroatoms. The molecule has 14 rings (SSSR count). The summed E-state index contributed by atoms with van der Waals surface area (Å²) in [4.78, 5) is 66.4. The van der Waals surface area contributed by atoms with Crippen molar-refractivity contribution in [2.75, 3.05) is 77.3 Å². The van der Waals surface area contributed by atoms with Crippen LogP contribution in [0.25, 0.3) is 44.3 Å². The van der Waals surface area contributed by atoms with Crippen LogP contribution in [0.3, 0.4) is 0 Å². The molecule has 21 nitrogen and oxygen atoms in total. The van der Waals surface area contributed by atoms with Gasteiger partial charge in [0.2, 0.25) is 0 Å². The van der Waals surface area contributed by atoms with Gasteiger partial charge in [0, 0.05) is 117 Å². The molecule has 0 saturated carbocycles. The number of nitrogens with one attached hydrogen (secondary N) is 5. The Hall–Kier alpha value is -10.2. The van der Waals surface area contributed by atoms with Crippen molar-refractivity contribution in [3.63, 3.8) is 0 Å². The van der Waals surface area contributed by atoms with Gasteiger partial charge in [-0.05, 0) is 261 Å². The number of anilines is 2. The van der Waals surface area contributed by atoms with E-state index in [0.29, 0.717) is 68.9 Å². The van der Waals surface area contributed by atoms with Gasteiger partial charge in [0.25, 0.3) is 17.7 Å². The highest BCUT2D eigenvalue weighted by molar-refractivity contribution is 6.01. The number of aryl methyl sites for hydroxylation is 6. The van der Waals surface area contributed by atoms with Crippen LogP contribution in [0.15, 0.2) is 146 Å². The quantitative estimate of drug-likeness (QED) is 0.0281. The van der Waals surface area contributed by atoms with E-state index in [0.717, 1.165) is 142 Å². The lowest BCUT2D eigenvalue weighted by Gasteiger charge is -2.29. The minimum atomic E-state index is -1.06. The lowest BCUT2D eigenvalue weighted by atomic mass is 9.89. The Morgan fingerprint density at radius 1 is 0.473 bits per heavy atom. The Morgan fingerprint density at radius 2 is 0.830 bits per heavy atom. The third-order valence-electron chi connectivity index (χ3n) is 22.2. The number of carbonyl (C=O) groups is 4. The molecule has 4 fully saturated rings. The maximum Gasteiger partial charge on any atom is 0.335 e. The summed E-state index contributed by atoms with van der Waals surface area (Å²) in [5.74, 6) is -0.279. The summed E-state index contributed by atoms with van der Waals surface area (Å²) in [6.45, 7) is 22.6. The fraction of sp³-hybridized carbons (Fsp3) is 0.429. The van der Waals surface area contributed by atoms with Crippen molar-refractivity contribution in [2.45, 2.75) is 177 Å². The molecule has 8 N–H and O–H groups in total. The van der Waals surface area contributed by atoms with E-state index in [1.54, 1.807) is 25.1 Å². The Balaban J connectivity index is 0.000000184. The summed E-state index contributed by atoms with van der Waals surface area (Å²) < 4.78 is 14.9. The average Bonchev–Trinajstić information content (AvgIpc) is 1.57. The normalized spacial score (nSPS) is 15.3. The monoisotopic (exact) mass is 1520 g/mol. The predicted molar refractivity (Wildman–Crippen MR) is 449 cm³/mol. The standard InChI is InChI=1S/C45H55N7O3.C25H31N5O4.C20H26N2.CH4/c1-5-41-39(42(49-38-15-19-55-20-16-38)40-29-48-52(6-2)43(40)50-41)28-47-45(54)37-22-30(3)21-36(26-37)44(53)46-27-33-10-8-12-35(25-33)34-11-7-9-32(24-34)23-31-13-17-51(4)18-14-31;1-4-21-19(13-26-24(31)16-10-15(3)11-17(12-16)25(32)33)22(28-18-6-8-34-9-7-18)20-14-27-30(5-2)23(20)29-21;1-22-10-8-16(9-11-22)12-17-4-2-6-19(13-17)20-7-3-5-18(14-20)15-21;/h7-12,21-22,24-26,29,31,38H,5-6,13-20,23,27-28H2,1-4H3,(H,46,53)(H,47,54)(H,49,50);10-12,14,18H,4-9,13H2,1-3H3,(H,26,31)(H,28,29)(H,32,33);2-7,13-14,16H,8-12,15,21H2,1H3;1H4. The highest BCUT2D eigenvalue weighted by atomic mass is 16.5. The number of amides is 3. The summed E-state index contributed by atoms with van der Waals surface area (Å²) in [7, 11) is 4.43. The van der Waals surface area contributed by atoms with Crippen LogP contribution in [0.2, 0.25) is 0 Å². The van der Waals surface area contributed by atoms with Crippen LogP contribution in [0.1, 0.15) is 184 Å². The number of aromatic carboxylic acids is 1. The van der Waals surface area contributed by atoms with E-state index >= 15 is 0 Å². The first-order valence-corrected chi connectivity index (χ1v) is 40.1. The van der Waals surface area contributed by atoms with Crippen molar-refractivity contribution in [3.05, 3.63) is 224 Å². The molecule has 0 spiro atoms. The lowest BCUT2D eigenvalue weighted by Crippen LogP contribution is -2.30. The second kappa shape index (κ2) is 39.8. The Labute approximate surface area is 661 Å². The largest absolute Gasteiger partial charge is 0.478 e. The van der Waals surface area contributed by atoms with Crippen molar-refractivity contribution in [3.8, 4) is 22.3 Å². The van der Waals surface area contributed by atoms with Gasteiger partial charge in [0.05, 0.1) is 40.1 Å². The van der Waals surface area contributed by atoms with Gasteiger partial charge in [-0.25, -0.2) is 24.1 Å². The number of carbonyl (C=O) groups excluding carboxylic acids is 3. The maximum absolute atomic E-state index is 13.7. The Morgan fingerprint density at radius 3 is 1.21 bits per heavy atom. The molecule has 0 atom stereocenters. The minimum absolute atomic E-state index is 0. The molecule has 0 unspecified atom stereocenters.